The molecule has 34 heavy (non-hydrogen) atoms. The molecule has 1 N–H and O–H groups in total. The second-order valence-electron chi connectivity index (χ2n) is 7.73. The Labute approximate surface area is 205 Å². The van der Waals surface area contributed by atoms with Gasteiger partial charge >= 0.3 is 0 Å². The minimum absolute atomic E-state index is 0.0416. The summed E-state index contributed by atoms with van der Waals surface area (Å²) in [5.41, 5.74) is 1.42. The van der Waals surface area contributed by atoms with E-state index >= 15 is 0 Å². The van der Waals surface area contributed by atoms with E-state index in [9.17, 15) is 19.7 Å². The first-order chi connectivity index (χ1) is 16.2. The molecule has 0 aliphatic rings. The summed E-state index contributed by atoms with van der Waals surface area (Å²) in [7, 11) is 0. The predicted octanol–water partition coefficient (Wildman–Crippen LogP) is 5.34. The SMILES string of the molecule is CC[C@H](C)N(CCC(=O)Nc1nnc(-c2ccc(Cl)cc2)s1)C(=O)c1ccc(C)c([N+](=O)[O-])c1. The maximum absolute atomic E-state index is 13.1. The number of carbonyl (C=O) groups excluding carboxylic acids is 2. The quantitative estimate of drug-likeness (QED) is 0.312. The molecule has 2 amide bonds. The van der Waals surface area contributed by atoms with Crippen molar-refractivity contribution >= 4 is 45.6 Å². The number of amides is 2. The molecule has 1 heterocycles. The summed E-state index contributed by atoms with van der Waals surface area (Å²) in [6, 6.07) is 11.4. The molecule has 9 nitrogen and oxygen atoms in total. The van der Waals surface area contributed by atoms with Gasteiger partial charge in [0.25, 0.3) is 11.6 Å². The number of carbonyl (C=O) groups is 2. The topological polar surface area (TPSA) is 118 Å². The van der Waals surface area contributed by atoms with Crippen molar-refractivity contribution in [3.8, 4) is 10.6 Å². The summed E-state index contributed by atoms with van der Waals surface area (Å²) in [4.78, 5) is 38.0. The number of nitrogens with one attached hydrogen (secondary N) is 1. The van der Waals surface area contributed by atoms with Gasteiger partial charge in [-0.25, -0.2) is 0 Å². The van der Waals surface area contributed by atoms with Crippen molar-refractivity contribution in [3.63, 3.8) is 0 Å². The van der Waals surface area contributed by atoms with Crippen LogP contribution in [0.5, 0.6) is 0 Å². The Morgan fingerprint density at radius 2 is 1.91 bits per heavy atom. The molecule has 178 valence electrons. The number of nitro benzene ring substituents is 1. The van der Waals surface area contributed by atoms with E-state index in [2.05, 4.69) is 15.5 Å². The fourth-order valence-electron chi connectivity index (χ4n) is 3.23. The number of hydrogen-bond donors (Lipinski definition) is 1. The molecule has 2 aromatic carbocycles. The zero-order valence-corrected chi connectivity index (χ0v) is 20.5. The average Bonchev–Trinajstić information content (AvgIpc) is 3.27. The second kappa shape index (κ2) is 11.2. The highest BCUT2D eigenvalue weighted by atomic mass is 35.5. The third-order valence-corrected chi connectivity index (χ3v) is 6.52. The van der Waals surface area contributed by atoms with E-state index in [0.29, 0.717) is 27.1 Å². The zero-order chi connectivity index (χ0) is 24.8. The van der Waals surface area contributed by atoms with Crippen molar-refractivity contribution in [3.05, 3.63) is 68.7 Å². The Bertz CT molecular complexity index is 1200. The number of rotatable bonds is 9. The number of hydrogen-bond acceptors (Lipinski definition) is 7. The van der Waals surface area contributed by atoms with Crippen molar-refractivity contribution in [2.24, 2.45) is 0 Å². The molecule has 0 radical (unpaired) electrons. The summed E-state index contributed by atoms with van der Waals surface area (Å²) < 4.78 is 0. The Hall–Kier alpha value is -3.37. The summed E-state index contributed by atoms with van der Waals surface area (Å²) in [5.74, 6) is -0.666. The maximum atomic E-state index is 13.1. The number of halogens is 1. The Morgan fingerprint density at radius 1 is 1.21 bits per heavy atom. The van der Waals surface area contributed by atoms with Gasteiger partial charge < -0.3 is 10.2 Å². The van der Waals surface area contributed by atoms with E-state index in [1.165, 1.54) is 17.4 Å². The summed E-state index contributed by atoms with van der Waals surface area (Å²) in [6.45, 7) is 5.59. The molecule has 0 aliphatic heterocycles. The van der Waals surface area contributed by atoms with Gasteiger partial charge in [0.1, 0.15) is 5.01 Å². The Kier molecular flexibility index (Phi) is 8.30. The number of anilines is 1. The highest BCUT2D eigenvalue weighted by Crippen LogP contribution is 2.27. The largest absolute Gasteiger partial charge is 0.335 e. The third-order valence-electron chi connectivity index (χ3n) is 5.38. The van der Waals surface area contributed by atoms with Crippen LogP contribution >= 0.6 is 22.9 Å². The smallest absolute Gasteiger partial charge is 0.273 e. The third kappa shape index (κ3) is 6.15. The van der Waals surface area contributed by atoms with E-state index in [0.717, 1.165) is 5.56 Å². The van der Waals surface area contributed by atoms with Crippen molar-refractivity contribution < 1.29 is 14.5 Å². The minimum atomic E-state index is -0.506. The van der Waals surface area contributed by atoms with Gasteiger partial charge in [-0.3, -0.25) is 19.7 Å². The number of benzene rings is 2. The van der Waals surface area contributed by atoms with Crippen LogP contribution in [0.4, 0.5) is 10.8 Å². The fraction of sp³-hybridized carbons (Fsp3) is 0.304. The van der Waals surface area contributed by atoms with Gasteiger partial charge in [0.05, 0.1) is 4.92 Å². The molecular formula is C23H24ClN5O4S. The van der Waals surface area contributed by atoms with Crippen LogP contribution in [0, 0.1) is 17.0 Å². The van der Waals surface area contributed by atoms with Crippen molar-refractivity contribution in [1.82, 2.24) is 15.1 Å². The van der Waals surface area contributed by atoms with Crippen LogP contribution in [0.3, 0.4) is 0 Å². The van der Waals surface area contributed by atoms with E-state index in [4.69, 9.17) is 11.6 Å². The molecule has 0 saturated heterocycles. The van der Waals surface area contributed by atoms with Gasteiger partial charge in [-0.15, -0.1) is 10.2 Å². The highest BCUT2D eigenvalue weighted by molar-refractivity contribution is 7.18. The Balaban J connectivity index is 1.67. The lowest BCUT2D eigenvalue weighted by atomic mass is 10.1. The number of aromatic nitrogens is 2. The molecule has 11 heteroatoms. The van der Waals surface area contributed by atoms with Crippen molar-refractivity contribution in [1.29, 1.82) is 0 Å². The highest BCUT2D eigenvalue weighted by Gasteiger charge is 2.24. The van der Waals surface area contributed by atoms with Gasteiger partial charge in [0.2, 0.25) is 11.0 Å². The van der Waals surface area contributed by atoms with Crippen molar-refractivity contribution in [2.45, 2.75) is 39.7 Å². The van der Waals surface area contributed by atoms with Gasteiger partial charge in [-0.2, -0.15) is 0 Å². The molecule has 3 rings (SSSR count). The van der Waals surface area contributed by atoms with Crippen LogP contribution < -0.4 is 5.32 Å². The molecule has 0 bridgehead atoms. The first-order valence-electron chi connectivity index (χ1n) is 10.6. The van der Waals surface area contributed by atoms with E-state index in [-0.39, 0.29) is 42.1 Å². The lowest BCUT2D eigenvalue weighted by Crippen LogP contribution is -2.40. The number of aryl methyl sites for hydroxylation is 1. The van der Waals surface area contributed by atoms with Crippen LogP contribution in [-0.2, 0) is 4.79 Å². The van der Waals surface area contributed by atoms with Gasteiger partial charge in [-0.1, -0.05) is 48.1 Å². The van der Waals surface area contributed by atoms with E-state index < -0.39 is 4.92 Å². The van der Waals surface area contributed by atoms with Crippen LogP contribution in [0.15, 0.2) is 42.5 Å². The first kappa shape index (κ1) is 25.3. The molecule has 0 saturated carbocycles. The normalized spacial score (nSPS) is 11.6. The van der Waals surface area contributed by atoms with Gasteiger partial charge in [0, 0.05) is 46.8 Å². The number of nitro groups is 1. The van der Waals surface area contributed by atoms with Crippen LogP contribution in [0.2, 0.25) is 5.02 Å². The van der Waals surface area contributed by atoms with E-state index in [1.807, 2.05) is 26.0 Å². The average molecular weight is 502 g/mol. The fourth-order valence-corrected chi connectivity index (χ4v) is 4.13. The predicted molar refractivity (Wildman–Crippen MR) is 132 cm³/mol. The number of nitrogens with zero attached hydrogens (tertiary/aromatic N) is 4. The van der Waals surface area contributed by atoms with Crippen LogP contribution in [-0.4, -0.2) is 44.4 Å². The lowest BCUT2D eigenvalue weighted by Gasteiger charge is -2.28. The first-order valence-corrected chi connectivity index (χ1v) is 11.8. The monoisotopic (exact) mass is 501 g/mol. The molecular weight excluding hydrogens is 478 g/mol. The maximum Gasteiger partial charge on any atom is 0.273 e. The molecule has 0 aliphatic carbocycles. The minimum Gasteiger partial charge on any atom is -0.335 e. The lowest BCUT2D eigenvalue weighted by molar-refractivity contribution is -0.385. The summed E-state index contributed by atoms with van der Waals surface area (Å²) >= 11 is 7.14. The standard InChI is InChI=1S/C23H24ClN5O4S/c1-4-15(3)28(22(31)17-6-5-14(2)19(13-17)29(32)33)12-11-20(30)25-23-27-26-21(34-23)16-7-9-18(24)10-8-16/h5-10,13,15H,4,11-12H2,1-3H3,(H,25,27,30)/t15-/m0/s1. The zero-order valence-electron chi connectivity index (χ0n) is 18.9. The second-order valence-corrected chi connectivity index (χ2v) is 9.15. The molecule has 0 fully saturated rings. The summed E-state index contributed by atoms with van der Waals surface area (Å²) in [6.07, 6.45) is 0.710. The summed E-state index contributed by atoms with van der Waals surface area (Å²) in [5, 5.41) is 23.7. The van der Waals surface area contributed by atoms with Crippen LogP contribution in [0.25, 0.3) is 10.6 Å². The van der Waals surface area contributed by atoms with Gasteiger partial charge in [-0.05, 0) is 38.5 Å². The molecule has 1 aromatic heterocycles. The van der Waals surface area contributed by atoms with Gasteiger partial charge in [0.15, 0.2) is 0 Å². The molecule has 1 atom stereocenters. The van der Waals surface area contributed by atoms with Crippen molar-refractivity contribution in [2.75, 3.05) is 11.9 Å². The Morgan fingerprint density at radius 3 is 2.56 bits per heavy atom. The van der Waals surface area contributed by atoms with E-state index in [1.54, 1.807) is 36.1 Å². The molecule has 3 aromatic rings. The molecule has 0 unspecified atom stereocenters. The van der Waals surface area contributed by atoms with Crippen LogP contribution in [0.1, 0.15) is 42.6 Å². The molecule has 0 spiro atoms.